The number of fused-ring (bicyclic) bond motifs is 1. The zero-order valence-electron chi connectivity index (χ0n) is 19.4. The van der Waals surface area contributed by atoms with Gasteiger partial charge in [-0.05, 0) is 79.4 Å². The third kappa shape index (κ3) is 6.04. The number of carbonyl (C=O) groups is 4. The van der Waals surface area contributed by atoms with E-state index < -0.39 is 23.8 Å². The van der Waals surface area contributed by atoms with Crippen LogP contribution in [-0.4, -0.2) is 36.6 Å². The van der Waals surface area contributed by atoms with Gasteiger partial charge in [-0.15, -0.1) is 22.7 Å². The van der Waals surface area contributed by atoms with Crippen molar-refractivity contribution in [3.63, 3.8) is 0 Å². The third-order valence-corrected chi connectivity index (χ3v) is 7.33. The molecule has 0 saturated carbocycles. The van der Waals surface area contributed by atoms with E-state index in [0.717, 1.165) is 36.1 Å². The smallest absolute Gasteiger partial charge is 0.353 e. The van der Waals surface area contributed by atoms with Crippen molar-refractivity contribution in [3.05, 3.63) is 68.2 Å². The number of esters is 2. The zero-order chi connectivity index (χ0) is 25.5. The number of anilines is 1. The summed E-state index contributed by atoms with van der Waals surface area (Å²) in [5.74, 6) is -2.50. The first kappa shape index (κ1) is 25.3. The van der Waals surface area contributed by atoms with Gasteiger partial charge in [-0.2, -0.15) is 5.10 Å². The Bertz CT molecular complexity index is 1300. The molecule has 0 atom stereocenters. The van der Waals surface area contributed by atoms with Gasteiger partial charge in [0.05, 0.1) is 18.4 Å². The summed E-state index contributed by atoms with van der Waals surface area (Å²) in [4.78, 5) is 50.8. The Kier molecular flexibility index (Phi) is 8.24. The van der Waals surface area contributed by atoms with Crippen LogP contribution in [0.25, 0.3) is 0 Å². The molecule has 0 unspecified atom stereocenters. The summed E-state index contributed by atoms with van der Waals surface area (Å²) >= 11 is 2.59. The number of rotatable bonds is 7. The summed E-state index contributed by atoms with van der Waals surface area (Å²) in [5.41, 5.74) is 4.01. The molecule has 0 saturated heterocycles. The van der Waals surface area contributed by atoms with E-state index in [1.807, 2.05) is 0 Å². The van der Waals surface area contributed by atoms with Crippen LogP contribution < -0.4 is 15.5 Å². The first-order valence-electron chi connectivity index (χ1n) is 11.3. The second kappa shape index (κ2) is 11.7. The fourth-order valence-corrected chi connectivity index (χ4v) is 5.49. The number of nitrogens with one attached hydrogen (secondary N) is 2. The molecule has 1 aliphatic carbocycles. The van der Waals surface area contributed by atoms with Crippen molar-refractivity contribution in [2.24, 2.45) is 5.10 Å². The minimum absolute atomic E-state index is 0.212. The van der Waals surface area contributed by atoms with E-state index in [-0.39, 0.29) is 6.61 Å². The van der Waals surface area contributed by atoms with Crippen LogP contribution >= 0.6 is 22.7 Å². The number of aryl methyl sites for hydroxylation is 1. The van der Waals surface area contributed by atoms with Crippen molar-refractivity contribution in [1.82, 2.24) is 5.43 Å². The number of ether oxygens (including phenoxy) is 2. The SMILES string of the molecule is CCOC(=O)c1c(NC(=O)C(=O)N/N=C\c2ccc(OC(=O)c3cccs3)cc2)sc2c1CCCC2. The van der Waals surface area contributed by atoms with Crippen LogP contribution in [-0.2, 0) is 27.2 Å². The van der Waals surface area contributed by atoms with Crippen LogP contribution in [0, 0.1) is 0 Å². The number of hydrogen-bond donors (Lipinski definition) is 2. The summed E-state index contributed by atoms with van der Waals surface area (Å²) in [6, 6.07) is 9.93. The molecule has 186 valence electrons. The maximum atomic E-state index is 12.5. The Morgan fingerprint density at radius 3 is 2.53 bits per heavy atom. The molecule has 2 aromatic heterocycles. The predicted octanol–water partition coefficient (Wildman–Crippen LogP) is 4.17. The molecule has 2 heterocycles. The fraction of sp³-hybridized carbons (Fsp3) is 0.240. The van der Waals surface area contributed by atoms with Gasteiger partial charge in [0.15, 0.2) is 0 Å². The molecule has 36 heavy (non-hydrogen) atoms. The molecule has 2 N–H and O–H groups in total. The highest BCUT2D eigenvalue weighted by Crippen LogP contribution is 2.38. The lowest BCUT2D eigenvalue weighted by Gasteiger charge is -2.12. The van der Waals surface area contributed by atoms with Gasteiger partial charge in [0.25, 0.3) is 0 Å². The first-order chi connectivity index (χ1) is 17.5. The van der Waals surface area contributed by atoms with E-state index in [1.165, 1.54) is 28.9 Å². The second-order valence-electron chi connectivity index (χ2n) is 7.72. The molecule has 0 spiro atoms. The van der Waals surface area contributed by atoms with Crippen LogP contribution in [0.2, 0.25) is 0 Å². The lowest BCUT2D eigenvalue weighted by Crippen LogP contribution is -2.32. The zero-order valence-corrected chi connectivity index (χ0v) is 21.0. The number of thiophene rings is 2. The van der Waals surface area contributed by atoms with Crippen molar-refractivity contribution in [1.29, 1.82) is 0 Å². The molecule has 0 radical (unpaired) electrons. The number of nitrogens with zero attached hydrogens (tertiary/aromatic N) is 1. The van der Waals surface area contributed by atoms with E-state index in [2.05, 4.69) is 15.8 Å². The van der Waals surface area contributed by atoms with Crippen molar-refractivity contribution < 1.29 is 28.7 Å². The highest BCUT2D eigenvalue weighted by molar-refractivity contribution is 7.17. The molecule has 0 aliphatic heterocycles. The maximum absolute atomic E-state index is 12.5. The third-order valence-electron chi connectivity index (χ3n) is 5.28. The molecular formula is C25H23N3O6S2. The van der Waals surface area contributed by atoms with Gasteiger partial charge in [-0.1, -0.05) is 6.07 Å². The Labute approximate surface area is 215 Å². The molecule has 9 nitrogen and oxygen atoms in total. The molecule has 4 rings (SSSR count). The summed E-state index contributed by atoms with van der Waals surface area (Å²) < 4.78 is 10.5. The van der Waals surface area contributed by atoms with Crippen LogP contribution in [0.1, 0.15) is 55.8 Å². The summed E-state index contributed by atoms with van der Waals surface area (Å²) in [5, 5.41) is 8.45. The van der Waals surface area contributed by atoms with Crippen LogP contribution in [0.15, 0.2) is 46.9 Å². The van der Waals surface area contributed by atoms with Crippen LogP contribution in [0.4, 0.5) is 5.00 Å². The average Bonchev–Trinajstić information content (AvgIpc) is 3.53. The maximum Gasteiger partial charge on any atom is 0.353 e. The molecule has 0 bridgehead atoms. The van der Waals surface area contributed by atoms with Crippen LogP contribution in [0.5, 0.6) is 5.75 Å². The average molecular weight is 526 g/mol. The summed E-state index contributed by atoms with van der Waals surface area (Å²) in [7, 11) is 0. The Morgan fingerprint density at radius 1 is 1.03 bits per heavy atom. The van der Waals surface area contributed by atoms with Crippen molar-refractivity contribution in [2.45, 2.75) is 32.6 Å². The Hall–Kier alpha value is -3.83. The molecule has 0 fully saturated rings. The Morgan fingerprint density at radius 2 is 1.81 bits per heavy atom. The molecular weight excluding hydrogens is 502 g/mol. The summed E-state index contributed by atoms with van der Waals surface area (Å²) in [6.07, 6.45) is 4.88. The van der Waals surface area contributed by atoms with Gasteiger partial charge in [-0.25, -0.2) is 15.0 Å². The number of carbonyl (C=O) groups excluding carboxylic acids is 4. The van der Waals surface area contributed by atoms with Gasteiger partial charge < -0.3 is 14.8 Å². The normalized spacial score (nSPS) is 12.6. The Balaban J connectivity index is 1.34. The van der Waals surface area contributed by atoms with Crippen molar-refractivity contribution in [3.8, 4) is 5.75 Å². The fourth-order valence-electron chi connectivity index (χ4n) is 3.62. The lowest BCUT2D eigenvalue weighted by atomic mass is 9.95. The van der Waals surface area contributed by atoms with Gasteiger partial charge in [-0.3, -0.25) is 9.59 Å². The molecule has 1 aromatic carbocycles. The van der Waals surface area contributed by atoms with Gasteiger partial charge in [0.1, 0.15) is 15.6 Å². The largest absolute Gasteiger partial charge is 0.462 e. The predicted molar refractivity (Wildman–Crippen MR) is 137 cm³/mol. The molecule has 2 amide bonds. The highest BCUT2D eigenvalue weighted by Gasteiger charge is 2.28. The van der Waals surface area contributed by atoms with Crippen LogP contribution in [0.3, 0.4) is 0 Å². The van der Waals surface area contributed by atoms with Gasteiger partial charge in [0, 0.05) is 4.88 Å². The van der Waals surface area contributed by atoms with E-state index >= 15 is 0 Å². The summed E-state index contributed by atoms with van der Waals surface area (Å²) in [6.45, 7) is 1.93. The second-order valence-corrected chi connectivity index (χ2v) is 9.78. The molecule has 3 aromatic rings. The van der Waals surface area contributed by atoms with Crippen molar-refractivity contribution >= 4 is 57.6 Å². The standard InChI is InChI=1S/C25H23N3O6S2/c1-2-33-25(32)20-17-6-3-4-7-18(17)36-23(20)27-21(29)22(30)28-26-14-15-9-11-16(12-10-15)34-24(31)19-8-5-13-35-19/h5,8-14H,2-4,6-7H2,1H3,(H,27,29)(H,28,30)/b26-14-. The van der Waals surface area contributed by atoms with Gasteiger partial charge >= 0.3 is 23.8 Å². The highest BCUT2D eigenvalue weighted by atomic mass is 32.1. The van der Waals surface area contributed by atoms with E-state index in [1.54, 1.807) is 48.7 Å². The first-order valence-corrected chi connectivity index (χ1v) is 13.0. The quantitative estimate of drug-likeness (QED) is 0.157. The van der Waals surface area contributed by atoms with E-state index in [4.69, 9.17) is 9.47 Å². The monoisotopic (exact) mass is 525 g/mol. The van der Waals surface area contributed by atoms with E-state index in [0.29, 0.717) is 26.8 Å². The topological polar surface area (TPSA) is 123 Å². The molecule has 1 aliphatic rings. The molecule has 11 heteroatoms. The number of amides is 2. The van der Waals surface area contributed by atoms with Gasteiger partial charge in [0.2, 0.25) is 0 Å². The van der Waals surface area contributed by atoms with Crippen molar-refractivity contribution in [2.75, 3.05) is 11.9 Å². The number of hydrogen-bond acceptors (Lipinski definition) is 9. The number of benzene rings is 1. The minimum atomic E-state index is -0.978. The minimum Gasteiger partial charge on any atom is -0.462 e. The van der Waals surface area contributed by atoms with E-state index in [9.17, 15) is 19.2 Å². The number of hydrazone groups is 1. The lowest BCUT2D eigenvalue weighted by molar-refractivity contribution is -0.136.